The van der Waals surface area contributed by atoms with Crippen LogP contribution in [0.15, 0.2) is 11.5 Å². The zero-order valence-electron chi connectivity index (χ0n) is 13.1. The topological polar surface area (TPSA) is 18.5 Å². The van der Waals surface area contributed by atoms with E-state index in [1.54, 1.807) is 0 Å². The minimum atomic E-state index is -1.52. The fourth-order valence-electron chi connectivity index (χ4n) is 2.16. The minimum absolute atomic E-state index is 1.07. The second kappa shape index (κ2) is 6.28. The minimum Gasteiger partial charge on any atom is -0.545 e. The Balaban J connectivity index is 2.90. The molecule has 18 heavy (non-hydrogen) atoms. The fourth-order valence-corrected chi connectivity index (χ4v) is 4.07. The molecular weight excluding hydrogens is 256 g/mol. The van der Waals surface area contributed by atoms with E-state index in [1.165, 1.54) is 37.2 Å². The summed E-state index contributed by atoms with van der Waals surface area (Å²) >= 11 is 0. The summed E-state index contributed by atoms with van der Waals surface area (Å²) in [6.07, 6.45) is 7.31. The molecule has 0 saturated heterocycles. The van der Waals surface area contributed by atoms with E-state index in [9.17, 15) is 0 Å². The average Bonchev–Trinajstić information content (AvgIpc) is 2.12. The van der Waals surface area contributed by atoms with Gasteiger partial charge in [0.25, 0.3) is 0 Å². The first-order valence-corrected chi connectivity index (χ1v) is 14.1. The van der Waals surface area contributed by atoms with Crippen LogP contribution >= 0.6 is 0 Å². The Labute approximate surface area is 115 Å². The highest BCUT2D eigenvalue weighted by Crippen LogP contribution is 2.29. The van der Waals surface area contributed by atoms with E-state index in [1.807, 2.05) is 0 Å². The molecule has 1 aliphatic carbocycles. The molecule has 0 aliphatic heterocycles. The highest BCUT2D eigenvalue weighted by atomic mass is 28.4. The molecule has 0 heterocycles. The van der Waals surface area contributed by atoms with Crippen molar-refractivity contribution in [2.45, 2.75) is 77.8 Å². The van der Waals surface area contributed by atoms with Gasteiger partial charge in [-0.15, -0.1) is 0 Å². The molecule has 0 amide bonds. The van der Waals surface area contributed by atoms with E-state index in [0.29, 0.717) is 0 Å². The monoisotopic (exact) mass is 286 g/mol. The summed E-state index contributed by atoms with van der Waals surface area (Å²) in [5.41, 5.74) is 0. The van der Waals surface area contributed by atoms with Gasteiger partial charge in [-0.2, -0.15) is 0 Å². The van der Waals surface area contributed by atoms with E-state index >= 15 is 0 Å². The van der Waals surface area contributed by atoms with Crippen LogP contribution in [-0.2, 0) is 8.85 Å². The van der Waals surface area contributed by atoms with Gasteiger partial charge in [-0.05, 0) is 52.1 Å². The summed E-state index contributed by atoms with van der Waals surface area (Å²) in [7, 11) is -3.05. The number of allylic oxidation sites excluding steroid dienone is 2. The zero-order chi connectivity index (χ0) is 13.8. The Kier molecular flexibility index (Phi) is 5.53. The van der Waals surface area contributed by atoms with Crippen LogP contribution in [0.2, 0.25) is 39.3 Å². The molecule has 0 fully saturated rings. The maximum atomic E-state index is 6.29. The SMILES string of the molecule is C[Si](C)(C)O/C1=C(\O[Si](C)(C)C)CCCCCC1. The van der Waals surface area contributed by atoms with Crippen LogP contribution in [0.25, 0.3) is 0 Å². The van der Waals surface area contributed by atoms with Gasteiger partial charge >= 0.3 is 0 Å². The summed E-state index contributed by atoms with van der Waals surface area (Å²) in [5.74, 6) is 2.35. The number of rotatable bonds is 4. The van der Waals surface area contributed by atoms with E-state index in [2.05, 4.69) is 39.3 Å². The Morgan fingerprint density at radius 2 is 0.944 bits per heavy atom. The van der Waals surface area contributed by atoms with Gasteiger partial charge in [-0.3, -0.25) is 0 Å². The summed E-state index contributed by atoms with van der Waals surface area (Å²) in [6, 6.07) is 0. The third-order valence-corrected chi connectivity index (χ3v) is 4.44. The molecule has 0 aromatic heterocycles. The Morgan fingerprint density at radius 1 is 0.611 bits per heavy atom. The third kappa shape index (κ3) is 6.64. The Morgan fingerprint density at radius 3 is 1.22 bits per heavy atom. The Hall–Kier alpha value is -0.226. The normalized spacial score (nSPS) is 23.2. The molecule has 0 bridgehead atoms. The largest absolute Gasteiger partial charge is 0.545 e. The lowest BCUT2D eigenvalue weighted by Crippen LogP contribution is -2.29. The van der Waals surface area contributed by atoms with Crippen LogP contribution in [0.3, 0.4) is 0 Å². The first-order valence-electron chi connectivity index (χ1n) is 7.27. The fraction of sp³-hybridized carbons (Fsp3) is 0.857. The van der Waals surface area contributed by atoms with Crippen LogP contribution in [0, 0.1) is 0 Å². The smallest absolute Gasteiger partial charge is 0.241 e. The summed E-state index contributed by atoms with van der Waals surface area (Å²) in [4.78, 5) is 0. The van der Waals surface area contributed by atoms with Gasteiger partial charge in [0.15, 0.2) is 0 Å². The molecule has 0 saturated carbocycles. The zero-order valence-corrected chi connectivity index (χ0v) is 15.1. The standard InChI is InChI=1S/C14H30O2Si2/c1-17(2,3)15-13-11-9-7-8-10-12-14(13)16-18(4,5)6/h7-12H2,1-6H3/b14-13-. The van der Waals surface area contributed by atoms with E-state index < -0.39 is 16.6 Å². The van der Waals surface area contributed by atoms with Crippen molar-refractivity contribution in [2.24, 2.45) is 0 Å². The molecular formula is C14H30O2Si2. The van der Waals surface area contributed by atoms with Crippen molar-refractivity contribution in [3.8, 4) is 0 Å². The molecule has 0 radical (unpaired) electrons. The van der Waals surface area contributed by atoms with Gasteiger partial charge in [0.1, 0.15) is 11.5 Å². The molecule has 0 aromatic carbocycles. The highest BCUT2D eigenvalue weighted by Gasteiger charge is 2.25. The van der Waals surface area contributed by atoms with Gasteiger partial charge < -0.3 is 8.85 Å². The second-order valence-electron chi connectivity index (χ2n) is 7.19. The quantitative estimate of drug-likeness (QED) is 0.657. The van der Waals surface area contributed by atoms with Crippen LogP contribution in [0.4, 0.5) is 0 Å². The van der Waals surface area contributed by atoms with Crippen molar-refractivity contribution < 1.29 is 8.85 Å². The van der Waals surface area contributed by atoms with Gasteiger partial charge in [0.05, 0.1) is 0 Å². The van der Waals surface area contributed by atoms with E-state index in [0.717, 1.165) is 12.8 Å². The van der Waals surface area contributed by atoms with Crippen molar-refractivity contribution in [1.29, 1.82) is 0 Å². The van der Waals surface area contributed by atoms with Crippen molar-refractivity contribution in [3.05, 3.63) is 11.5 Å². The predicted molar refractivity (Wildman–Crippen MR) is 83.6 cm³/mol. The first-order chi connectivity index (χ1) is 8.17. The molecule has 4 heteroatoms. The molecule has 0 spiro atoms. The number of hydrogen-bond donors (Lipinski definition) is 0. The highest BCUT2D eigenvalue weighted by molar-refractivity contribution is 6.70. The van der Waals surface area contributed by atoms with Crippen LogP contribution < -0.4 is 0 Å². The predicted octanol–water partition coefficient (Wildman–Crippen LogP) is 5.26. The third-order valence-electron chi connectivity index (χ3n) is 2.73. The lowest BCUT2D eigenvalue weighted by Gasteiger charge is -2.29. The first kappa shape index (κ1) is 15.8. The molecule has 106 valence electrons. The second-order valence-corrected chi connectivity index (χ2v) is 16.0. The van der Waals surface area contributed by atoms with Crippen molar-refractivity contribution >= 4 is 16.6 Å². The summed E-state index contributed by atoms with van der Waals surface area (Å²) < 4.78 is 12.6. The van der Waals surface area contributed by atoms with Crippen LogP contribution in [0.5, 0.6) is 0 Å². The molecule has 1 aliphatic rings. The molecule has 0 unspecified atom stereocenters. The van der Waals surface area contributed by atoms with E-state index in [4.69, 9.17) is 8.85 Å². The van der Waals surface area contributed by atoms with Gasteiger partial charge in [0, 0.05) is 12.8 Å². The van der Waals surface area contributed by atoms with Crippen molar-refractivity contribution in [3.63, 3.8) is 0 Å². The maximum Gasteiger partial charge on any atom is 0.241 e. The molecule has 0 atom stereocenters. The van der Waals surface area contributed by atoms with Gasteiger partial charge in [-0.25, -0.2) is 0 Å². The summed E-state index contributed by atoms with van der Waals surface area (Å²) in [6.45, 7) is 13.5. The van der Waals surface area contributed by atoms with Gasteiger partial charge in [-0.1, -0.05) is 12.8 Å². The Bertz CT molecular complexity index is 268. The molecule has 1 rings (SSSR count). The van der Waals surface area contributed by atoms with E-state index in [-0.39, 0.29) is 0 Å². The number of hydrogen-bond acceptors (Lipinski definition) is 2. The van der Waals surface area contributed by atoms with Gasteiger partial charge in [0.2, 0.25) is 16.6 Å². The molecule has 0 aromatic rings. The molecule has 2 nitrogen and oxygen atoms in total. The molecule has 0 N–H and O–H groups in total. The lowest BCUT2D eigenvalue weighted by molar-refractivity contribution is 0.301. The average molecular weight is 287 g/mol. The van der Waals surface area contributed by atoms with Crippen molar-refractivity contribution in [2.75, 3.05) is 0 Å². The van der Waals surface area contributed by atoms with Crippen LogP contribution in [-0.4, -0.2) is 16.6 Å². The van der Waals surface area contributed by atoms with Crippen LogP contribution in [0.1, 0.15) is 38.5 Å². The lowest BCUT2D eigenvalue weighted by atomic mass is 10.0. The van der Waals surface area contributed by atoms with Crippen molar-refractivity contribution in [1.82, 2.24) is 0 Å². The summed E-state index contributed by atoms with van der Waals surface area (Å²) in [5, 5.41) is 0. The maximum absolute atomic E-state index is 6.29.